The Bertz CT molecular complexity index is 645. The van der Waals surface area contributed by atoms with Gasteiger partial charge in [-0.1, -0.05) is 30.3 Å². The van der Waals surface area contributed by atoms with Gasteiger partial charge in [-0.15, -0.1) is 0 Å². The molecule has 1 N–H and O–H groups in total. The van der Waals surface area contributed by atoms with Crippen molar-refractivity contribution in [2.45, 2.75) is 6.54 Å². The molecule has 0 aliphatic heterocycles. The molecule has 3 heteroatoms. The lowest BCUT2D eigenvalue weighted by Crippen LogP contribution is -2.03. The lowest BCUT2D eigenvalue weighted by Gasteiger charge is -2.08. The Hall–Kier alpha value is -2.42. The molecule has 0 radical (unpaired) electrons. The summed E-state index contributed by atoms with van der Waals surface area (Å²) in [4.78, 5) is 8.67. The van der Waals surface area contributed by atoms with Crippen LogP contribution in [0.4, 0.5) is 5.82 Å². The van der Waals surface area contributed by atoms with Gasteiger partial charge in [-0.25, -0.2) is 4.98 Å². The van der Waals surface area contributed by atoms with E-state index in [1.165, 1.54) is 5.39 Å². The van der Waals surface area contributed by atoms with Crippen LogP contribution < -0.4 is 5.32 Å². The van der Waals surface area contributed by atoms with Crippen LogP contribution in [0.15, 0.2) is 60.9 Å². The van der Waals surface area contributed by atoms with E-state index in [9.17, 15) is 0 Å². The molecule has 3 aromatic rings. The highest BCUT2D eigenvalue weighted by atomic mass is 15.0. The van der Waals surface area contributed by atoms with E-state index in [4.69, 9.17) is 0 Å². The normalized spacial score (nSPS) is 10.4. The molecular formula is C15H13N3. The average Bonchev–Trinajstić information content (AvgIpc) is 2.46. The molecule has 0 aliphatic carbocycles. The number of benzene rings is 1. The second-order valence-corrected chi connectivity index (χ2v) is 4.06. The molecule has 0 spiro atoms. The van der Waals surface area contributed by atoms with Crippen LogP contribution in [0.5, 0.6) is 0 Å². The first kappa shape index (κ1) is 10.7. The monoisotopic (exact) mass is 235 g/mol. The highest BCUT2D eigenvalue weighted by Gasteiger charge is 2.01. The average molecular weight is 235 g/mol. The van der Waals surface area contributed by atoms with Crippen LogP contribution >= 0.6 is 0 Å². The lowest BCUT2D eigenvalue weighted by atomic mass is 10.1. The van der Waals surface area contributed by atoms with Crippen molar-refractivity contribution in [2.75, 3.05) is 5.32 Å². The summed E-state index contributed by atoms with van der Waals surface area (Å²) in [7, 11) is 0. The van der Waals surface area contributed by atoms with Crippen molar-refractivity contribution >= 4 is 16.6 Å². The van der Waals surface area contributed by atoms with Gasteiger partial charge in [0.1, 0.15) is 5.82 Å². The van der Waals surface area contributed by atoms with Crippen molar-refractivity contribution in [3.05, 3.63) is 66.6 Å². The zero-order valence-electron chi connectivity index (χ0n) is 9.88. The zero-order valence-corrected chi connectivity index (χ0v) is 9.88. The SMILES string of the molecule is c1ccc(CNc2nccc3ccccc23)nc1. The van der Waals surface area contributed by atoms with Crippen LogP contribution in [0.25, 0.3) is 10.8 Å². The highest BCUT2D eigenvalue weighted by Crippen LogP contribution is 2.20. The van der Waals surface area contributed by atoms with Crippen molar-refractivity contribution in [1.29, 1.82) is 0 Å². The highest BCUT2D eigenvalue weighted by molar-refractivity contribution is 5.91. The van der Waals surface area contributed by atoms with Crippen molar-refractivity contribution in [3.8, 4) is 0 Å². The quantitative estimate of drug-likeness (QED) is 0.757. The molecule has 3 rings (SSSR count). The smallest absolute Gasteiger partial charge is 0.134 e. The number of hydrogen-bond acceptors (Lipinski definition) is 3. The summed E-state index contributed by atoms with van der Waals surface area (Å²) in [5.41, 5.74) is 1.01. The molecule has 0 bridgehead atoms. The van der Waals surface area contributed by atoms with Gasteiger partial charge in [-0.2, -0.15) is 0 Å². The van der Waals surface area contributed by atoms with E-state index in [2.05, 4.69) is 27.4 Å². The summed E-state index contributed by atoms with van der Waals surface area (Å²) in [5.74, 6) is 0.902. The van der Waals surface area contributed by atoms with Crippen molar-refractivity contribution < 1.29 is 0 Å². The lowest BCUT2D eigenvalue weighted by molar-refractivity contribution is 1.03. The maximum absolute atomic E-state index is 4.38. The molecule has 1 aromatic carbocycles. The van der Waals surface area contributed by atoms with Crippen molar-refractivity contribution in [1.82, 2.24) is 9.97 Å². The molecule has 3 nitrogen and oxygen atoms in total. The third-order valence-corrected chi connectivity index (χ3v) is 2.84. The first-order valence-electron chi connectivity index (χ1n) is 5.91. The first-order valence-corrected chi connectivity index (χ1v) is 5.91. The molecule has 18 heavy (non-hydrogen) atoms. The Morgan fingerprint density at radius 3 is 2.61 bits per heavy atom. The zero-order chi connectivity index (χ0) is 12.2. The minimum absolute atomic E-state index is 0.682. The third-order valence-electron chi connectivity index (χ3n) is 2.84. The molecule has 0 atom stereocenters. The summed E-state index contributed by atoms with van der Waals surface area (Å²) < 4.78 is 0. The van der Waals surface area contributed by atoms with Gasteiger partial charge < -0.3 is 5.32 Å². The fourth-order valence-electron chi connectivity index (χ4n) is 1.94. The van der Waals surface area contributed by atoms with E-state index in [-0.39, 0.29) is 0 Å². The van der Waals surface area contributed by atoms with Crippen LogP contribution in [0, 0.1) is 0 Å². The number of nitrogens with one attached hydrogen (secondary N) is 1. The van der Waals surface area contributed by atoms with Crippen molar-refractivity contribution in [3.63, 3.8) is 0 Å². The Labute approximate surface area is 106 Å². The van der Waals surface area contributed by atoms with Gasteiger partial charge in [-0.3, -0.25) is 4.98 Å². The standard InChI is InChI=1S/C15H13N3/c1-2-7-14-12(5-1)8-10-17-15(14)18-11-13-6-3-4-9-16-13/h1-10H,11H2,(H,17,18). The van der Waals surface area contributed by atoms with Gasteiger partial charge in [-0.05, 0) is 23.6 Å². The van der Waals surface area contributed by atoms with E-state index >= 15 is 0 Å². The molecule has 88 valence electrons. The molecular weight excluding hydrogens is 222 g/mol. The van der Waals surface area contributed by atoms with Gasteiger partial charge in [0.15, 0.2) is 0 Å². The third kappa shape index (κ3) is 2.15. The van der Waals surface area contributed by atoms with Crippen LogP contribution in [0.1, 0.15) is 5.69 Å². The fraction of sp³-hybridized carbons (Fsp3) is 0.0667. The molecule has 0 amide bonds. The number of rotatable bonds is 3. The van der Waals surface area contributed by atoms with E-state index in [1.807, 2.05) is 42.6 Å². The van der Waals surface area contributed by atoms with Gasteiger partial charge in [0.25, 0.3) is 0 Å². The molecule has 0 saturated carbocycles. The number of aromatic nitrogens is 2. The fourth-order valence-corrected chi connectivity index (χ4v) is 1.94. The summed E-state index contributed by atoms with van der Waals surface area (Å²) in [6.07, 6.45) is 3.62. The van der Waals surface area contributed by atoms with Gasteiger partial charge >= 0.3 is 0 Å². The minimum Gasteiger partial charge on any atom is -0.364 e. The largest absolute Gasteiger partial charge is 0.364 e. The van der Waals surface area contributed by atoms with Crippen LogP contribution in [0.3, 0.4) is 0 Å². The van der Waals surface area contributed by atoms with Crippen molar-refractivity contribution in [2.24, 2.45) is 0 Å². The molecule has 0 aliphatic rings. The summed E-state index contributed by atoms with van der Waals surface area (Å²) in [6.45, 7) is 0.682. The summed E-state index contributed by atoms with van der Waals surface area (Å²) in [5, 5.41) is 5.66. The summed E-state index contributed by atoms with van der Waals surface area (Å²) >= 11 is 0. The maximum atomic E-state index is 4.38. The second kappa shape index (κ2) is 4.84. The molecule has 0 unspecified atom stereocenters. The molecule has 2 aromatic heterocycles. The number of fused-ring (bicyclic) bond motifs is 1. The Balaban J connectivity index is 1.87. The van der Waals surface area contributed by atoms with E-state index in [0.717, 1.165) is 16.9 Å². The Kier molecular flexibility index (Phi) is 2.88. The molecule has 0 saturated heterocycles. The number of anilines is 1. The van der Waals surface area contributed by atoms with E-state index < -0.39 is 0 Å². The number of hydrogen-bond donors (Lipinski definition) is 1. The predicted octanol–water partition coefficient (Wildman–Crippen LogP) is 3.24. The number of pyridine rings is 2. The minimum atomic E-state index is 0.682. The van der Waals surface area contributed by atoms with E-state index in [0.29, 0.717) is 6.54 Å². The Morgan fingerprint density at radius 1 is 0.833 bits per heavy atom. The van der Waals surface area contributed by atoms with E-state index in [1.54, 1.807) is 6.20 Å². The second-order valence-electron chi connectivity index (χ2n) is 4.06. The maximum Gasteiger partial charge on any atom is 0.134 e. The molecule has 2 heterocycles. The predicted molar refractivity (Wildman–Crippen MR) is 73.3 cm³/mol. The first-order chi connectivity index (χ1) is 8.93. The number of nitrogens with zero attached hydrogens (tertiary/aromatic N) is 2. The van der Waals surface area contributed by atoms with Crippen LogP contribution in [0.2, 0.25) is 0 Å². The molecule has 0 fully saturated rings. The Morgan fingerprint density at radius 2 is 1.72 bits per heavy atom. The van der Waals surface area contributed by atoms with Crippen LogP contribution in [-0.4, -0.2) is 9.97 Å². The topological polar surface area (TPSA) is 37.8 Å². The van der Waals surface area contributed by atoms with Gasteiger partial charge in [0, 0.05) is 17.8 Å². The van der Waals surface area contributed by atoms with Gasteiger partial charge in [0.2, 0.25) is 0 Å². The summed E-state index contributed by atoms with van der Waals surface area (Å²) in [6, 6.07) is 16.1. The van der Waals surface area contributed by atoms with Gasteiger partial charge in [0.05, 0.1) is 12.2 Å². The van der Waals surface area contributed by atoms with Crippen LogP contribution in [-0.2, 0) is 6.54 Å².